The van der Waals surface area contributed by atoms with Crippen molar-refractivity contribution in [3.63, 3.8) is 0 Å². The summed E-state index contributed by atoms with van der Waals surface area (Å²) in [5, 5.41) is 0.0968. The van der Waals surface area contributed by atoms with Crippen molar-refractivity contribution in [2.45, 2.75) is 44.2 Å². The summed E-state index contributed by atoms with van der Waals surface area (Å²) < 4.78 is 29.5. The molecule has 29 heavy (non-hydrogen) atoms. The Balaban J connectivity index is 1.66. The van der Waals surface area contributed by atoms with E-state index < -0.39 is 10.0 Å². The highest BCUT2D eigenvalue weighted by molar-refractivity contribution is 7.89. The van der Waals surface area contributed by atoms with Gasteiger partial charge in [-0.25, -0.2) is 13.4 Å². The van der Waals surface area contributed by atoms with Crippen LogP contribution in [0.2, 0.25) is 0 Å². The molecule has 1 aromatic carbocycles. The number of hydrogen-bond acceptors (Lipinski definition) is 4. The van der Waals surface area contributed by atoms with E-state index in [2.05, 4.69) is 48.3 Å². The Bertz CT molecular complexity index is 1140. The molecule has 1 aliphatic heterocycles. The van der Waals surface area contributed by atoms with Gasteiger partial charge in [0.05, 0.1) is 18.1 Å². The number of imidazole rings is 1. The lowest BCUT2D eigenvalue weighted by atomic mass is 10.0. The molecule has 0 aliphatic carbocycles. The van der Waals surface area contributed by atoms with E-state index in [1.54, 1.807) is 22.1 Å². The zero-order valence-electron chi connectivity index (χ0n) is 17.0. The van der Waals surface area contributed by atoms with Gasteiger partial charge in [-0.3, -0.25) is 4.98 Å². The largest absolute Gasteiger partial charge is 0.339 e. The summed E-state index contributed by atoms with van der Waals surface area (Å²) >= 11 is 0. The molecule has 0 saturated carbocycles. The van der Waals surface area contributed by atoms with Gasteiger partial charge in [-0.2, -0.15) is 4.31 Å². The van der Waals surface area contributed by atoms with Gasteiger partial charge in [-0.1, -0.05) is 29.8 Å². The van der Waals surface area contributed by atoms with Crippen LogP contribution < -0.4 is 0 Å². The highest BCUT2D eigenvalue weighted by Gasteiger charge is 2.38. The fraction of sp³-hybridized carbons (Fsp3) is 0.364. The molecular weight excluding hydrogens is 384 g/mol. The maximum atomic E-state index is 13.2. The van der Waals surface area contributed by atoms with Crippen LogP contribution in [0.15, 0.2) is 53.9 Å². The number of nitrogens with zero attached hydrogens (tertiary/aromatic N) is 4. The molecular formula is C22H26N4O2S. The lowest BCUT2D eigenvalue weighted by Crippen LogP contribution is -2.31. The third-order valence-corrected chi connectivity index (χ3v) is 7.12. The van der Waals surface area contributed by atoms with Crippen molar-refractivity contribution >= 4 is 10.0 Å². The average Bonchev–Trinajstić information content (AvgIpc) is 3.31. The number of benzene rings is 1. The molecule has 152 valence electrons. The number of pyridine rings is 1. The van der Waals surface area contributed by atoms with Gasteiger partial charge in [0, 0.05) is 25.5 Å². The molecule has 0 unspecified atom stereocenters. The summed E-state index contributed by atoms with van der Waals surface area (Å²) in [6, 6.07) is 12.4. The summed E-state index contributed by atoms with van der Waals surface area (Å²) in [6.45, 7) is 4.55. The second kappa shape index (κ2) is 7.72. The van der Waals surface area contributed by atoms with E-state index >= 15 is 0 Å². The van der Waals surface area contributed by atoms with Crippen molar-refractivity contribution in [2.24, 2.45) is 7.05 Å². The minimum absolute atomic E-state index is 0.0968. The zero-order valence-corrected chi connectivity index (χ0v) is 17.9. The van der Waals surface area contributed by atoms with Gasteiger partial charge in [0.25, 0.3) is 10.0 Å². The third kappa shape index (κ3) is 4.11. The van der Waals surface area contributed by atoms with Crippen LogP contribution in [-0.4, -0.2) is 33.8 Å². The molecule has 0 amide bonds. The number of aryl methyl sites for hydroxylation is 3. The molecule has 1 atom stereocenters. The predicted octanol–water partition coefficient (Wildman–Crippen LogP) is 3.55. The molecule has 3 heterocycles. The topological polar surface area (TPSA) is 68.1 Å². The normalized spacial score (nSPS) is 17.7. The standard InChI is InChI=1S/C22H26N4O2S/c1-16-6-4-7-18(10-16)12-19-11-17(2)24-20(13-19)21-8-5-9-26(21)29(27,28)22-14-25(3)15-23-22/h4,6-7,10-11,13-15,21H,5,8-9,12H2,1-3H3/t21-/m1/s1. The minimum atomic E-state index is -3.64. The molecule has 7 heteroatoms. The van der Waals surface area contributed by atoms with Crippen LogP contribution in [0.5, 0.6) is 0 Å². The first kappa shape index (κ1) is 19.8. The second-order valence-electron chi connectivity index (χ2n) is 7.86. The number of rotatable bonds is 5. The van der Waals surface area contributed by atoms with Gasteiger partial charge in [0.15, 0.2) is 5.03 Å². The van der Waals surface area contributed by atoms with Crippen LogP contribution in [0.3, 0.4) is 0 Å². The van der Waals surface area contributed by atoms with Gasteiger partial charge in [-0.05, 0) is 56.4 Å². The first-order chi connectivity index (χ1) is 13.8. The second-order valence-corrected chi connectivity index (χ2v) is 9.70. The van der Waals surface area contributed by atoms with E-state index in [0.717, 1.165) is 36.2 Å². The fourth-order valence-corrected chi connectivity index (χ4v) is 5.70. The van der Waals surface area contributed by atoms with Crippen molar-refractivity contribution in [2.75, 3.05) is 6.54 Å². The maximum Gasteiger partial charge on any atom is 0.262 e. The maximum absolute atomic E-state index is 13.2. The van der Waals surface area contributed by atoms with Gasteiger partial charge >= 0.3 is 0 Å². The Morgan fingerprint density at radius 3 is 2.69 bits per heavy atom. The first-order valence-corrected chi connectivity index (χ1v) is 11.3. The molecule has 0 bridgehead atoms. The zero-order chi connectivity index (χ0) is 20.6. The van der Waals surface area contributed by atoms with E-state index in [0.29, 0.717) is 6.54 Å². The van der Waals surface area contributed by atoms with Gasteiger partial charge in [0.2, 0.25) is 0 Å². The molecule has 1 fully saturated rings. The Morgan fingerprint density at radius 1 is 1.14 bits per heavy atom. The SMILES string of the molecule is Cc1cccc(Cc2cc(C)nc([C@H]3CCCN3S(=O)(=O)c3cn(C)cn3)c2)c1. The summed E-state index contributed by atoms with van der Waals surface area (Å²) in [4.78, 5) is 8.78. The Labute approximate surface area is 172 Å². The van der Waals surface area contributed by atoms with Crippen LogP contribution in [-0.2, 0) is 23.5 Å². The van der Waals surface area contributed by atoms with Crippen molar-refractivity contribution in [3.05, 3.63) is 77.0 Å². The van der Waals surface area contributed by atoms with Crippen LogP contribution in [0.25, 0.3) is 0 Å². The van der Waals surface area contributed by atoms with E-state index in [9.17, 15) is 8.42 Å². The summed E-state index contributed by atoms with van der Waals surface area (Å²) in [5.74, 6) is 0. The van der Waals surface area contributed by atoms with E-state index in [1.807, 2.05) is 6.92 Å². The Morgan fingerprint density at radius 2 is 1.97 bits per heavy atom. The molecule has 3 aromatic rings. The highest BCUT2D eigenvalue weighted by atomic mass is 32.2. The summed E-state index contributed by atoms with van der Waals surface area (Å²) in [5.41, 5.74) is 5.36. The molecule has 0 radical (unpaired) electrons. The van der Waals surface area contributed by atoms with Gasteiger partial charge in [-0.15, -0.1) is 0 Å². The Kier molecular flexibility index (Phi) is 5.27. The average molecular weight is 411 g/mol. The fourth-order valence-electron chi connectivity index (χ4n) is 4.06. The lowest BCUT2D eigenvalue weighted by Gasteiger charge is -2.23. The van der Waals surface area contributed by atoms with Gasteiger partial charge < -0.3 is 4.57 Å². The van der Waals surface area contributed by atoms with Crippen LogP contribution >= 0.6 is 0 Å². The lowest BCUT2D eigenvalue weighted by molar-refractivity contribution is 0.388. The van der Waals surface area contributed by atoms with Crippen molar-refractivity contribution in [1.29, 1.82) is 0 Å². The summed E-state index contributed by atoms with van der Waals surface area (Å²) in [7, 11) is -1.87. The monoisotopic (exact) mass is 410 g/mol. The molecule has 0 N–H and O–H groups in total. The van der Waals surface area contributed by atoms with Crippen LogP contribution in [0.1, 0.15) is 47.0 Å². The van der Waals surface area contributed by atoms with E-state index in [1.165, 1.54) is 17.5 Å². The molecule has 4 rings (SSSR count). The van der Waals surface area contributed by atoms with E-state index in [-0.39, 0.29) is 11.1 Å². The quantitative estimate of drug-likeness (QED) is 0.645. The molecule has 1 saturated heterocycles. The predicted molar refractivity (Wildman–Crippen MR) is 112 cm³/mol. The van der Waals surface area contributed by atoms with Crippen LogP contribution in [0, 0.1) is 13.8 Å². The smallest absolute Gasteiger partial charge is 0.262 e. The number of sulfonamides is 1. The number of aromatic nitrogens is 3. The molecule has 0 spiro atoms. The van der Waals surface area contributed by atoms with Crippen LogP contribution in [0.4, 0.5) is 0 Å². The van der Waals surface area contributed by atoms with Gasteiger partial charge in [0.1, 0.15) is 0 Å². The van der Waals surface area contributed by atoms with Crippen molar-refractivity contribution < 1.29 is 8.42 Å². The summed E-state index contributed by atoms with van der Waals surface area (Å²) in [6.07, 6.45) is 5.46. The highest BCUT2D eigenvalue weighted by Crippen LogP contribution is 2.36. The van der Waals surface area contributed by atoms with E-state index in [4.69, 9.17) is 4.98 Å². The molecule has 6 nitrogen and oxygen atoms in total. The Hall–Kier alpha value is -2.51. The van der Waals surface area contributed by atoms with Crippen molar-refractivity contribution in [1.82, 2.24) is 18.8 Å². The minimum Gasteiger partial charge on any atom is -0.339 e. The molecule has 2 aromatic heterocycles. The van der Waals surface area contributed by atoms with Crippen molar-refractivity contribution in [3.8, 4) is 0 Å². The molecule has 1 aliphatic rings. The third-order valence-electron chi connectivity index (χ3n) is 5.32. The number of hydrogen-bond donors (Lipinski definition) is 0. The first-order valence-electron chi connectivity index (χ1n) is 9.86.